The number of rotatable bonds is 3. The second-order valence-corrected chi connectivity index (χ2v) is 16.7. The lowest BCUT2D eigenvalue weighted by Crippen LogP contribution is -2.32. The third-order valence-corrected chi connectivity index (χ3v) is 13.9. The summed E-state index contributed by atoms with van der Waals surface area (Å²) in [6, 6.07) is 72.9. The summed E-state index contributed by atoms with van der Waals surface area (Å²) in [6.45, 7) is 0. The van der Waals surface area contributed by atoms with E-state index in [-0.39, 0.29) is 0 Å². The number of para-hydroxylation sites is 1. The second-order valence-electron chi connectivity index (χ2n) is 15.6. The minimum absolute atomic E-state index is 0.502. The molecule has 0 radical (unpaired) electrons. The van der Waals surface area contributed by atoms with Crippen molar-refractivity contribution in [1.82, 2.24) is 14.5 Å². The molecular formula is C55H33N3S. The molecule has 0 bridgehead atoms. The lowest BCUT2D eigenvalue weighted by molar-refractivity contribution is 0.724. The van der Waals surface area contributed by atoms with Crippen LogP contribution >= 0.6 is 11.8 Å². The first-order chi connectivity index (χ1) is 29.3. The third-order valence-electron chi connectivity index (χ3n) is 12.7. The summed E-state index contributed by atoms with van der Waals surface area (Å²) in [4.78, 5) is 13.5. The largest absolute Gasteiger partial charge is 0.277 e. The molecule has 2 aliphatic rings. The van der Waals surface area contributed by atoms with E-state index in [1.165, 1.54) is 75.8 Å². The van der Waals surface area contributed by atoms with Crippen molar-refractivity contribution in [2.45, 2.75) is 15.2 Å². The molecule has 3 heterocycles. The minimum atomic E-state index is -0.502. The molecule has 1 spiro atoms. The molecule has 11 aromatic rings. The third kappa shape index (κ3) is 4.49. The average molecular weight is 768 g/mol. The van der Waals surface area contributed by atoms with Gasteiger partial charge >= 0.3 is 0 Å². The summed E-state index contributed by atoms with van der Waals surface area (Å²) < 4.78 is 2.37. The molecule has 13 rings (SSSR count). The Morgan fingerprint density at radius 1 is 0.424 bits per heavy atom. The van der Waals surface area contributed by atoms with Crippen molar-refractivity contribution in [3.05, 3.63) is 222 Å². The molecule has 0 unspecified atom stereocenters. The van der Waals surface area contributed by atoms with Crippen molar-refractivity contribution in [2.75, 3.05) is 0 Å². The van der Waals surface area contributed by atoms with E-state index in [1.54, 1.807) is 0 Å². The maximum absolute atomic E-state index is 5.59. The van der Waals surface area contributed by atoms with Gasteiger partial charge in [-0.2, -0.15) is 0 Å². The molecule has 1 aliphatic carbocycles. The van der Waals surface area contributed by atoms with Gasteiger partial charge in [-0.05, 0) is 73.5 Å². The summed E-state index contributed by atoms with van der Waals surface area (Å²) in [5.74, 6) is 0.662. The Morgan fingerprint density at radius 2 is 1.05 bits per heavy atom. The van der Waals surface area contributed by atoms with Gasteiger partial charge < -0.3 is 0 Å². The quantitative estimate of drug-likeness (QED) is 0.179. The van der Waals surface area contributed by atoms with Crippen LogP contribution in [0.15, 0.2) is 210 Å². The first-order valence-corrected chi connectivity index (χ1v) is 21.0. The Labute approximate surface area is 345 Å². The van der Waals surface area contributed by atoms with Gasteiger partial charge in [0.1, 0.15) is 0 Å². The van der Waals surface area contributed by atoms with Gasteiger partial charge in [0.2, 0.25) is 5.95 Å². The number of fused-ring (bicyclic) bond motifs is 16. The van der Waals surface area contributed by atoms with E-state index in [0.29, 0.717) is 5.95 Å². The van der Waals surface area contributed by atoms with E-state index in [4.69, 9.17) is 9.97 Å². The standard InChI is InChI=1S/C55H33N3S/c1-2-14-34(15-3-1)35-26-28-37(29-27-35)51-41-20-8-12-24-47(41)56-54(57-51)58-48-33-30-36-16-4-5-17-38(36)50(48)42-31-32-46-53(52(42)58)59-49-25-13-11-23-45(49)55(46)43-21-9-6-18-39(43)40-19-7-10-22-44(40)55/h1-33H. The summed E-state index contributed by atoms with van der Waals surface area (Å²) in [5, 5.41) is 5.87. The monoisotopic (exact) mass is 767 g/mol. The van der Waals surface area contributed by atoms with Gasteiger partial charge in [0, 0.05) is 31.5 Å². The molecule has 0 amide bonds. The van der Waals surface area contributed by atoms with Crippen LogP contribution in [-0.2, 0) is 5.41 Å². The van der Waals surface area contributed by atoms with Crippen LogP contribution in [0.5, 0.6) is 0 Å². The Kier molecular flexibility index (Phi) is 6.87. The predicted molar refractivity (Wildman–Crippen MR) is 244 cm³/mol. The minimum Gasteiger partial charge on any atom is -0.277 e. The van der Waals surface area contributed by atoms with Gasteiger partial charge in [-0.1, -0.05) is 194 Å². The second kappa shape index (κ2) is 12.4. The number of hydrogen-bond donors (Lipinski definition) is 0. The number of hydrogen-bond acceptors (Lipinski definition) is 3. The lowest BCUT2D eigenvalue weighted by atomic mass is 9.67. The first-order valence-electron chi connectivity index (χ1n) is 20.2. The molecule has 1 aliphatic heterocycles. The van der Waals surface area contributed by atoms with E-state index in [9.17, 15) is 0 Å². The fourth-order valence-electron chi connectivity index (χ4n) is 10.2. The Hall–Kier alpha value is -7.27. The van der Waals surface area contributed by atoms with Crippen LogP contribution in [-0.4, -0.2) is 14.5 Å². The van der Waals surface area contributed by atoms with E-state index < -0.39 is 5.41 Å². The molecular weight excluding hydrogens is 735 g/mol. The molecule has 9 aromatic carbocycles. The van der Waals surface area contributed by atoms with Gasteiger partial charge in [0.25, 0.3) is 0 Å². The molecule has 0 atom stereocenters. The van der Waals surface area contributed by atoms with Crippen molar-refractivity contribution >= 4 is 55.2 Å². The van der Waals surface area contributed by atoms with Crippen molar-refractivity contribution in [2.24, 2.45) is 0 Å². The Bertz CT molecular complexity index is 3480. The molecule has 0 saturated carbocycles. The van der Waals surface area contributed by atoms with Gasteiger partial charge in [-0.25, -0.2) is 9.97 Å². The summed E-state index contributed by atoms with van der Waals surface area (Å²) >= 11 is 1.88. The predicted octanol–water partition coefficient (Wildman–Crippen LogP) is 14.0. The highest BCUT2D eigenvalue weighted by molar-refractivity contribution is 7.99. The maximum Gasteiger partial charge on any atom is 0.235 e. The molecule has 3 nitrogen and oxygen atoms in total. The van der Waals surface area contributed by atoms with E-state index >= 15 is 0 Å². The van der Waals surface area contributed by atoms with Crippen LogP contribution in [0.25, 0.3) is 82.9 Å². The summed E-state index contributed by atoms with van der Waals surface area (Å²) in [7, 11) is 0. The van der Waals surface area contributed by atoms with Crippen LogP contribution in [0, 0.1) is 0 Å². The zero-order chi connectivity index (χ0) is 38.7. The zero-order valence-electron chi connectivity index (χ0n) is 31.8. The van der Waals surface area contributed by atoms with Crippen molar-refractivity contribution in [3.8, 4) is 39.5 Å². The fraction of sp³-hybridized carbons (Fsp3) is 0.0182. The number of aromatic nitrogens is 3. The molecule has 0 saturated heterocycles. The maximum atomic E-state index is 5.59. The Balaban J connectivity index is 1.16. The highest BCUT2D eigenvalue weighted by atomic mass is 32.2. The van der Waals surface area contributed by atoms with Crippen LogP contribution in [0.1, 0.15) is 22.3 Å². The van der Waals surface area contributed by atoms with Crippen LogP contribution < -0.4 is 0 Å². The van der Waals surface area contributed by atoms with Crippen molar-refractivity contribution < 1.29 is 0 Å². The highest BCUT2D eigenvalue weighted by Gasteiger charge is 2.50. The highest BCUT2D eigenvalue weighted by Crippen LogP contribution is 2.63. The normalized spacial score (nSPS) is 13.5. The van der Waals surface area contributed by atoms with Gasteiger partial charge in [-0.3, -0.25) is 4.57 Å². The van der Waals surface area contributed by atoms with Crippen molar-refractivity contribution in [1.29, 1.82) is 0 Å². The van der Waals surface area contributed by atoms with Gasteiger partial charge in [0.05, 0.1) is 27.7 Å². The average Bonchev–Trinajstić information content (AvgIpc) is 3.81. The molecule has 0 fully saturated rings. The Morgan fingerprint density at radius 3 is 1.85 bits per heavy atom. The molecule has 0 N–H and O–H groups in total. The zero-order valence-corrected chi connectivity index (χ0v) is 32.6. The smallest absolute Gasteiger partial charge is 0.235 e. The van der Waals surface area contributed by atoms with E-state index in [1.807, 2.05) is 11.8 Å². The molecule has 59 heavy (non-hydrogen) atoms. The molecule has 4 heteroatoms. The van der Waals surface area contributed by atoms with Crippen LogP contribution in [0.3, 0.4) is 0 Å². The fourth-order valence-corrected chi connectivity index (χ4v) is 11.5. The topological polar surface area (TPSA) is 30.7 Å². The SMILES string of the molecule is c1ccc(-c2ccc(-c3nc(-n4c5ccc6ccccc6c5c5ccc6c(c54)Sc4ccccc4C64c5ccccc5-c5ccccc54)nc4ccccc34)cc2)cc1. The molecule has 2 aromatic heterocycles. The molecule has 274 valence electrons. The van der Waals surface area contributed by atoms with Gasteiger partial charge in [0.15, 0.2) is 0 Å². The lowest BCUT2D eigenvalue weighted by Gasteiger charge is -2.40. The summed E-state index contributed by atoms with van der Waals surface area (Å²) in [6.07, 6.45) is 0. The number of benzene rings is 9. The van der Waals surface area contributed by atoms with Crippen molar-refractivity contribution in [3.63, 3.8) is 0 Å². The van der Waals surface area contributed by atoms with Gasteiger partial charge in [-0.15, -0.1) is 0 Å². The summed E-state index contributed by atoms with van der Waals surface area (Å²) in [5.41, 5.74) is 14.8. The van der Waals surface area contributed by atoms with Crippen LogP contribution in [0.4, 0.5) is 0 Å². The van der Waals surface area contributed by atoms with E-state index in [2.05, 4.69) is 205 Å². The van der Waals surface area contributed by atoms with Crippen LogP contribution in [0.2, 0.25) is 0 Å². The number of nitrogens with zero attached hydrogens (tertiary/aromatic N) is 3. The van der Waals surface area contributed by atoms with E-state index in [0.717, 1.165) is 33.2 Å². The first kappa shape index (κ1) is 32.8.